The average molecular weight is 260 g/mol. The molecule has 19 heavy (non-hydrogen) atoms. The number of benzene rings is 1. The van der Waals surface area contributed by atoms with Gasteiger partial charge in [0.1, 0.15) is 0 Å². The minimum absolute atomic E-state index is 0.0304. The quantitative estimate of drug-likeness (QED) is 0.644. The molecule has 0 spiro atoms. The van der Waals surface area contributed by atoms with E-state index in [1.807, 2.05) is 12.1 Å². The normalized spacial score (nSPS) is 10.4. The lowest BCUT2D eigenvalue weighted by atomic mass is 10.1. The van der Waals surface area contributed by atoms with E-state index in [9.17, 15) is 9.59 Å². The van der Waals surface area contributed by atoms with Crippen molar-refractivity contribution in [2.24, 2.45) is 0 Å². The van der Waals surface area contributed by atoms with Crippen molar-refractivity contribution < 1.29 is 4.79 Å². The van der Waals surface area contributed by atoms with Gasteiger partial charge in [0.25, 0.3) is 5.56 Å². The molecule has 6 heteroatoms. The van der Waals surface area contributed by atoms with Crippen LogP contribution in [0.5, 0.6) is 0 Å². The minimum atomic E-state index is -0.167. The minimum Gasteiger partial charge on any atom is -0.326 e. The summed E-state index contributed by atoms with van der Waals surface area (Å²) in [6, 6.07) is 8.77. The predicted molar refractivity (Wildman–Crippen MR) is 74.0 cm³/mol. The Bertz CT molecular complexity index is 598. The number of anilines is 1. The maximum Gasteiger partial charge on any atom is 0.264 e. The van der Waals surface area contributed by atoms with Crippen LogP contribution in [-0.4, -0.2) is 29.7 Å². The second kappa shape index (κ2) is 6.01. The fourth-order valence-electron chi connectivity index (χ4n) is 1.68. The Labute approximate surface area is 110 Å². The first-order valence-electron chi connectivity index (χ1n) is 6.01. The van der Waals surface area contributed by atoms with Gasteiger partial charge in [-0.25, -0.2) is 0 Å². The van der Waals surface area contributed by atoms with Crippen molar-refractivity contribution in [3.8, 4) is 11.3 Å². The molecule has 0 aliphatic carbocycles. The van der Waals surface area contributed by atoms with Crippen molar-refractivity contribution in [1.82, 2.24) is 15.5 Å². The average Bonchev–Trinajstić information content (AvgIpc) is 2.84. The first-order valence-corrected chi connectivity index (χ1v) is 6.01. The summed E-state index contributed by atoms with van der Waals surface area (Å²) in [7, 11) is 1.81. The molecule has 4 N–H and O–H groups in total. The number of hydrogen-bond donors (Lipinski definition) is 4. The Balaban J connectivity index is 2.02. The molecule has 0 bridgehead atoms. The van der Waals surface area contributed by atoms with Crippen LogP contribution >= 0.6 is 0 Å². The van der Waals surface area contributed by atoms with Crippen molar-refractivity contribution in [3.63, 3.8) is 0 Å². The largest absolute Gasteiger partial charge is 0.326 e. The van der Waals surface area contributed by atoms with Gasteiger partial charge in [0.2, 0.25) is 5.91 Å². The van der Waals surface area contributed by atoms with E-state index in [0.717, 1.165) is 16.9 Å². The zero-order valence-electron chi connectivity index (χ0n) is 10.6. The summed E-state index contributed by atoms with van der Waals surface area (Å²) in [6.45, 7) is 0.647. The van der Waals surface area contributed by atoms with E-state index in [1.54, 1.807) is 19.2 Å². The molecule has 6 nitrogen and oxygen atoms in total. The molecule has 0 saturated heterocycles. The van der Waals surface area contributed by atoms with E-state index in [-0.39, 0.29) is 11.5 Å². The first kappa shape index (κ1) is 13.1. The molecule has 1 aromatic carbocycles. The zero-order valence-corrected chi connectivity index (χ0v) is 10.6. The monoisotopic (exact) mass is 260 g/mol. The van der Waals surface area contributed by atoms with E-state index in [2.05, 4.69) is 20.8 Å². The van der Waals surface area contributed by atoms with Crippen LogP contribution in [0.15, 0.2) is 35.1 Å². The topological polar surface area (TPSA) is 89.8 Å². The molecule has 0 aliphatic heterocycles. The molecule has 1 amide bonds. The van der Waals surface area contributed by atoms with Gasteiger partial charge in [-0.15, -0.1) is 0 Å². The van der Waals surface area contributed by atoms with Crippen LogP contribution in [0.25, 0.3) is 11.3 Å². The molecule has 0 unspecified atom stereocenters. The third-order valence-corrected chi connectivity index (χ3v) is 2.68. The van der Waals surface area contributed by atoms with Crippen molar-refractivity contribution in [2.75, 3.05) is 18.9 Å². The highest BCUT2D eigenvalue weighted by Gasteiger charge is 2.03. The number of nitrogens with one attached hydrogen (secondary N) is 4. The number of hydrogen-bond acceptors (Lipinski definition) is 3. The van der Waals surface area contributed by atoms with Crippen LogP contribution in [0.2, 0.25) is 0 Å². The molecule has 0 aliphatic rings. The standard InChI is InChI=1S/C13H16N4O2/c1-14-7-6-12(18)15-10-4-2-9(3-5-10)11-8-13(19)17-16-11/h2-5,8,14H,6-7H2,1H3,(H,15,18)(H2,16,17,19). The maximum atomic E-state index is 11.5. The van der Waals surface area contributed by atoms with E-state index in [1.165, 1.54) is 6.07 Å². The van der Waals surface area contributed by atoms with Gasteiger partial charge in [-0.1, -0.05) is 12.1 Å². The van der Waals surface area contributed by atoms with Gasteiger partial charge in [0.15, 0.2) is 0 Å². The Hall–Kier alpha value is -2.34. The smallest absolute Gasteiger partial charge is 0.264 e. The Morgan fingerprint density at radius 1 is 1.21 bits per heavy atom. The van der Waals surface area contributed by atoms with Crippen molar-refractivity contribution in [3.05, 3.63) is 40.7 Å². The lowest BCUT2D eigenvalue weighted by Crippen LogP contribution is -2.18. The third-order valence-electron chi connectivity index (χ3n) is 2.68. The highest BCUT2D eigenvalue weighted by atomic mass is 16.1. The van der Waals surface area contributed by atoms with Crippen molar-refractivity contribution in [2.45, 2.75) is 6.42 Å². The molecule has 0 radical (unpaired) electrons. The van der Waals surface area contributed by atoms with Gasteiger partial charge in [0, 0.05) is 24.7 Å². The van der Waals surface area contributed by atoms with Crippen molar-refractivity contribution >= 4 is 11.6 Å². The fourth-order valence-corrected chi connectivity index (χ4v) is 1.68. The highest BCUT2D eigenvalue weighted by Crippen LogP contribution is 2.17. The SMILES string of the molecule is CNCCC(=O)Nc1ccc(-c2cc(=O)[nH][nH]2)cc1. The van der Waals surface area contributed by atoms with E-state index >= 15 is 0 Å². The molecule has 2 aromatic rings. The van der Waals surface area contributed by atoms with Gasteiger partial charge in [-0.2, -0.15) is 0 Å². The molecular weight excluding hydrogens is 244 g/mol. The van der Waals surface area contributed by atoms with Crippen LogP contribution in [0.4, 0.5) is 5.69 Å². The first-order chi connectivity index (χ1) is 9.19. The predicted octanol–water partition coefficient (Wildman–Crippen LogP) is 0.918. The molecular formula is C13H16N4O2. The Morgan fingerprint density at radius 3 is 2.53 bits per heavy atom. The lowest BCUT2D eigenvalue weighted by Gasteiger charge is -2.05. The summed E-state index contributed by atoms with van der Waals surface area (Å²) >= 11 is 0. The van der Waals surface area contributed by atoms with Crippen LogP contribution in [0, 0.1) is 0 Å². The Morgan fingerprint density at radius 2 is 1.95 bits per heavy atom. The van der Waals surface area contributed by atoms with Gasteiger partial charge < -0.3 is 10.6 Å². The van der Waals surface area contributed by atoms with E-state index < -0.39 is 0 Å². The molecule has 0 atom stereocenters. The number of rotatable bonds is 5. The van der Waals surface area contributed by atoms with Gasteiger partial charge >= 0.3 is 0 Å². The molecule has 100 valence electrons. The molecule has 2 rings (SSSR count). The highest BCUT2D eigenvalue weighted by molar-refractivity contribution is 5.91. The second-order valence-corrected chi connectivity index (χ2v) is 4.15. The number of carbonyl (C=O) groups excluding carboxylic acids is 1. The summed E-state index contributed by atoms with van der Waals surface area (Å²) in [5, 5.41) is 11.0. The Kier molecular flexibility index (Phi) is 4.15. The molecule has 1 heterocycles. The summed E-state index contributed by atoms with van der Waals surface area (Å²) in [4.78, 5) is 22.6. The lowest BCUT2D eigenvalue weighted by molar-refractivity contribution is -0.116. The van der Waals surface area contributed by atoms with E-state index in [4.69, 9.17) is 0 Å². The third kappa shape index (κ3) is 3.56. The van der Waals surface area contributed by atoms with Crippen LogP contribution in [0.3, 0.4) is 0 Å². The van der Waals surface area contributed by atoms with E-state index in [0.29, 0.717) is 13.0 Å². The summed E-state index contributed by atoms with van der Waals surface area (Å²) in [5.74, 6) is -0.0304. The summed E-state index contributed by atoms with van der Waals surface area (Å²) in [6.07, 6.45) is 0.434. The zero-order chi connectivity index (χ0) is 13.7. The van der Waals surface area contributed by atoms with Crippen LogP contribution in [-0.2, 0) is 4.79 Å². The maximum absolute atomic E-state index is 11.5. The van der Waals surface area contributed by atoms with Crippen molar-refractivity contribution in [1.29, 1.82) is 0 Å². The second-order valence-electron chi connectivity index (χ2n) is 4.15. The number of amides is 1. The molecule has 0 fully saturated rings. The number of H-pyrrole nitrogens is 2. The number of carbonyl (C=O) groups is 1. The summed E-state index contributed by atoms with van der Waals surface area (Å²) < 4.78 is 0. The van der Waals surface area contributed by atoms with Crippen LogP contribution < -0.4 is 16.2 Å². The van der Waals surface area contributed by atoms with Gasteiger partial charge in [-0.05, 0) is 24.7 Å². The summed E-state index contributed by atoms with van der Waals surface area (Å²) in [5.41, 5.74) is 2.17. The van der Waals surface area contributed by atoms with Gasteiger partial charge in [0.05, 0.1) is 5.69 Å². The number of aromatic nitrogens is 2. The van der Waals surface area contributed by atoms with Gasteiger partial charge in [-0.3, -0.25) is 19.8 Å². The molecule has 1 aromatic heterocycles. The fraction of sp³-hybridized carbons (Fsp3) is 0.231. The molecule has 0 saturated carbocycles. The number of aromatic amines is 2. The van der Waals surface area contributed by atoms with Crippen LogP contribution in [0.1, 0.15) is 6.42 Å².